The van der Waals surface area contributed by atoms with Gasteiger partial charge in [0, 0.05) is 24.1 Å². The lowest BCUT2D eigenvalue weighted by Crippen LogP contribution is -1.94. The van der Waals surface area contributed by atoms with Crippen molar-refractivity contribution < 1.29 is 9.47 Å². The minimum absolute atomic E-state index is 0.742. The van der Waals surface area contributed by atoms with E-state index in [0.717, 1.165) is 17.2 Å². The Hall–Kier alpha value is -1.90. The molecule has 0 saturated heterocycles. The van der Waals surface area contributed by atoms with E-state index in [4.69, 9.17) is 9.47 Å². The first-order valence-electron chi connectivity index (χ1n) is 5.11. The average Bonchev–Trinajstić information content (AvgIpc) is 2.75. The van der Waals surface area contributed by atoms with Crippen molar-refractivity contribution in [2.45, 2.75) is 6.92 Å². The van der Waals surface area contributed by atoms with Crippen molar-refractivity contribution >= 4 is 0 Å². The van der Waals surface area contributed by atoms with Gasteiger partial charge in [-0.15, -0.1) is 0 Å². The summed E-state index contributed by atoms with van der Waals surface area (Å²) in [6, 6.07) is 7.93. The lowest BCUT2D eigenvalue weighted by atomic mass is 10.2. The number of ether oxygens (including phenoxy) is 2. The molecular weight excluding hydrogens is 202 g/mol. The maximum absolute atomic E-state index is 5.27. The number of hydrogen-bond donors (Lipinski definition) is 0. The highest BCUT2D eigenvalue weighted by Gasteiger charge is 2.05. The summed E-state index contributed by atoms with van der Waals surface area (Å²) < 4.78 is 12.5. The second-order valence-electron chi connectivity index (χ2n) is 3.64. The molecule has 1 heterocycles. The number of benzene rings is 1. The van der Waals surface area contributed by atoms with E-state index in [1.165, 1.54) is 5.56 Å². The number of hydrogen-bond acceptors (Lipinski definition) is 2. The van der Waals surface area contributed by atoms with Crippen LogP contribution >= 0.6 is 0 Å². The molecular formula is C13H15NO2. The molecule has 0 fully saturated rings. The van der Waals surface area contributed by atoms with E-state index in [-0.39, 0.29) is 0 Å². The molecule has 1 aromatic carbocycles. The Labute approximate surface area is 95.2 Å². The zero-order chi connectivity index (χ0) is 11.5. The Morgan fingerprint density at radius 1 is 1.00 bits per heavy atom. The zero-order valence-corrected chi connectivity index (χ0v) is 9.73. The van der Waals surface area contributed by atoms with E-state index in [0.29, 0.717) is 0 Å². The van der Waals surface area contributed by atoms with E-state index < -0.39 is 0 Å². The van der Waals surface area contributed by atoms with Gasteiger partial charge in [0.25, 0.3) is 0 Å². The highest BCUT2D eigenvalue weighted by atomic mass is 16.5. The fraction of sp³-hybridized carbons (Fsp3) is 0.231. The number of rotatable bonds is 3. The molecule has 0 unspecified atom stereocenters. The summed E-state index contributed by atoms with van der Waals surface area (Å²) in [5.74, 6) is 1.49. The van der Waals surface area contributed by atoms with Crippen LogP contribution in [0.5, 0.6) is 11.5 Å². The molecule has 2 rings (SSSR count). The standard InChI is InChI=1S/C13H15NO2/c1-10-6-7-14(9-10)11-4-5-12(15-2)13(8-11)16-3/h4-9H,1-3H3. The van der Waals surface area contributed by atoms with Gasteiger partial charge in [0.1, 0.15) is 0 Å². The van der Waals surface area contributed by atoms with Gasteiger partial charge in [0.15, 0.2) is 11.5 Å². The lowest BCUT2D eigenvalue weighted by Gasteiger charge is -2.10. The van der Waals surface area contributed by atoms with Gasteiger partial charge in [-0.3, -0.25) is 0 Å². The van der Waals surface area contributed by atoms with Gasteiger partial charge in [-0.25, -0.2) is 0 Å². The summed E-state index contributed by atoms with van der Waals surface area (Å²) in [6.45, 7) is 2.07. The molecule has 0 atom stereocenters. The van der Waals surface area contributed by atoms with E-state index in [1.54, 1.807) is 14.2 Å². The van der Waals surface area contributed by atoms with Gasteiger partial charge < -0.3 is 14.0 Å². The molecule has 0 spiro atoms. The molecule has 84 valence electrons. The summed E-state index contributed by atoms with van der Waals surface area (Å²) in [6.07, 6.45) is 4.10. The molecule has 0 saturated carbocycles. The van der Waals surface area contributed by atoms with Crippen LogP contribution in [0.3, 0.4) is 0 Å². The van der Waals surface area contributed by atoms with Crippen LogP contribution in [-0.2, 0) is 0 Å². The summed E-state index contributed by atoms with van der Waals surface area (Å²) in [5, 5.41) is 0. The maximum atomic E-state index is 5.27. The summed E-state index contributed by atoms with van der Waals surface area (Å²) in [5.41, 5.74) is 2.29. The Bertz CT molecular complexity index is 488. The molecule has 0 radical (unpaired) electrons. The Morgan fingerprint density at radius 2 is 1.75 bits per heavy atom. The van der Waals surface area contributed by atoms with Gasteiger partial charge in [0.2, 0.25) is 0 Å². The lowest BCUT2D eigenvalue weighted by molar-refractivity contribution is 0.355. The van der Waals surface area contributed by atoms with E-state index in [2.05, 4.69) is 23.8 Å². The smallest absolute Gasteiger partial charge is 0.162 e. The minimum Gasteiger partial charge on any atom is -0.493 e. The van der Waals surface area contributed by atoms with Crippen LogP contribution in [0.15, 0.2) is 36.7 Å². The highest BCUT2D eigenvalue weighted by molar-refractivity contribution is 5.49. The number of nitrogens with zero attached hydrogens (tertiary/aromatic N) is 1. The van der Waals surface area contributed by atoms with E-state index >= 15 is 0 Å². The molecule has 2 aromatic rings. The van der Waals surface area contributed by atoms with E-state index in [1.807, 2.05) is 24.4 Å². The molecule has 0 aliphatic rings. The zero-order valence-electron chi connectivity index (χ0n) is 9.73. The molecule has 0 amide bonds. The Morgan fingerprint density at radius 3 is 2.31 bits per heavy atom. The highest BCUT2D eigenvalue weighted by Crippen LogP contribution is 2.29. The van der Waals surface area contributed by atoms with Crippen LogP contribution in [0.1, 0.15) is 5.56 Å². The van der Waals surface area contributed by atoms with Crippen LogP contribution in [-0.4, -0.2) is 18.8 Å². The van der Waals surface area contributed by atoms with Gasteiger partial charge in [-0.2, -0.15) is 0 Å². The monoisotopic (exact) mass is 217 g/mol. The fourth-order valence-corrected chi connectivity index (χ4v) is 1.65. The molecule has 0 aliphatic heterocycles. The first-order valence-corrected chi connectivity index (χ1v) is 5.11. The normalized spacial score (nSPS) is 10.2. The first kappa shape index (κ1) is 10.6. The van der Waals surface area contributed by atoms with Crippen LogP contribution in [0.4, 0.5) is 0 Å². The van der Waals surface area contributed by atoms with Gasteiger partial charge in [-0.05, 0) is 30.7 Å². The number of aromatic nitrogens is 1. The fourth-order valence-electron chi connectivity index (χ4n) is 1.65. The summed E-state index contributed by atoms with van der Waals surface area (Å²) >= 11 is 0. The van der Waals surface area contributed by atoms with Crippen molar-refractivity contribution in [3.63, 3.8) is 0 Å². The number of methoxy groups -OCH3 is 2. The van der Waals surface area contributed by atoms with Gasteiger partial charge in [-0.1, -0.05) is 0 Å². The minimum atomic E-state index is 0.742. The third-order valence-electron chi connectivity index (χ3n) is 2.51. The molecule has 0 bridgehead atoms. The van der Waals surface area contributed by atoms with Crippen molar-refractivity contribution in [2.75, 3.05) is 14.2 Å². The second kappa shape index (κ2) is 4.31. The predicted molar refractivity (Wildman–Crippen MR) is 63.6 cm³/mol. The first-order chi connectivity index (χ1) is 7.74. The quantitative estimate of drug-likeness (QED) is 0.789. The SMILES string of the molecule is COc1ccc(-n2ccc(C)c2)cc1OC. The number of aryl methyl sites for hydroxylation is 1. The molecule has 3 heteroatoms. The summed E-state index contributed by atoms with van der Waals surface area (Å²) in [7, 11) is 3.28. The van der Waals surface area contributed by atoms with Crippen molar-refractivity contribution in [3.8, 4) is 17.2 Å². The Kier molecular flexibility index (Phi) is 2.86. The topological polar surface area (TPSA) is 23.4 Å². The van der Waals surface area contributed by atoms with Crippen LogP contribution in [0.2, 0.25) is 0 Å². The van der Waals surface area contributed by atoms with Crippen LogP contribution in [0.25, 0.3) is 5.69 Å². The third kappa shape index (κ3) is 1.89. The average molecular weight is 217 g/mol. The van der Waals surface area contributed by atoms with Crippen molar-refractivity contribution in [3.05, 3.63) is 42.2 Å². The largest absolute Gasteiger partial charge is 0.493 e. The molecule has 1 aromatic heterocycles. The van der Waals surface area contributed by atoms with Crippen molar-refractivity contribution in [1.29, 1.82) is 0 Å². The predicted octanol–water partition coefficient (Wildman–Crippen LogP) is 2.80. The molecule has 0 N–H and O–H groups in total. The van der Waals surface area contributed by atoms with E-state index in [9.17, 15) is 0 Å². The molecule has 0 aliphatic carbocycles. The third-order valence-corrected chi connectivity index (χ3v) is 2.51. The van der Waals surface area contributed by atoms with Crippen molar-refractivity contribution in [1.82, 2.24) is 4.57 Å². The molecule has 3 nitrogen and oxygen atoms in total. The van der Waals surface area contributed by atoms with Crippen molar-refractivity contribution in [2.24, 2.45) is 0 Å². The van der Waals surface area contributed by atoms with Crippen LogP contribution < -0.4 is 9.47 Å². The maximum Gasteiger partial charge on any atom is 0.162 e. The van der Waals surface area contributed by atoms with Gasteiger partial charge >= 0.3 is 0 Å². The second-order valence-corrected chi connectivity index (χ2v) is 3.64. The van der Waals surface area contributed by atoms with Gasteiger partial charge in [0.05, 0.1) is 14.2 Å². The summed E-state index contributed by atoms with van der Waals surface area (Å²) in [4.78, 5) is 0. The Balaban J connectivity index is 2.43. The van der Waals surface area contributed by atoms with Crippen LogP contribution in [0, 0.1) is 6.92 Å². The molecule has 16 heavy (non-hydrogen) atoms.